The molecule has 1 rings (SSSR count). The molecular formula is C11H19ClN2O. The van der Waals surface area contributed by atoms with Gasteiger partial charge in [-0.1, -0.05) is 32.4 Å². The van der Waals surface area contributed by atoms with E-state index >= 15 is 0 Å². The van der Waals surface area contributed by atoms with E-state index in [1.807, 2.05) is 34.6 Å². The Morgan fingerprint density at radius 2 is 1.93 bits per heavy atom. The van der Waals surface area contributed by atoms with E-state index in [9.17, 15) is 5.11 Å². The molecule has 0 saturated heterocycles. The summed E-state index contributed by atoms with van der Waals surface area (Å²) < 4.78 is 1.78. The molecule has 0 aliphatic rings. The van der Waals surface area contributed by atoms with Gasteiger partial charge in [-0.05, 0) is 19.3 Å². The second-order valence-electron chi connectivity index (χ2n) is 5.18. The summed E-state index contributed by atoms with van der Waals surface area (Å²) in [5, 5.41) is 14.9. The van der Waals surface area contributed by atoms with Crippen molar-refractivity contribution in [2.45, 2.75) is 46.8 Å². The molecule has 0 spiro atoms. The summed E-state index contributed by atoms with van der Waals surface area (Å²) in [5.41, 5.74) is 0.468. The van der Waals surface area contributed by atoms with Crippen LogP contribution in [0.3, 0.4) is 0 Å². The van der Waals surface area contributed by atoms with Gasteiger partial charge >= 0.3 is 0 Å². The largest absolute Gasteiger partial charge is 0.386 e. The van der Waals surface area contributed by atoms with Crippen LogP contribution in [0.15, 0.2) is 6.20 Å². The topological polar surface area (TPSA) is 38.0 Å². The molecule has 0 fully saturated rings. The Morgan fingerprint density at radius 3 is 2.33 bits per heavy atom. The van der Waals surface area contributed by atoms with E-state index < -0.39 is 6.10 Å². The van der Waals surface area contributed by atoms with Crippen molar-refractivity contribution in [2.24, 2.45) is 5.41 Å². The lowest BCUT2D eigenvalue weighted by Crippen LogP contribution is -2.22. The lowest BCUT2D eigenvalue weighted by atomic mass is 9.87. The molecule has 1 atom stereocenters. The number of nitrogens with zero attached hydrogens (tertiary/aromatic N) is 2. The number of aromatic nitrogens is 2. The lowest BCUT2D eigenvalue weighted by Gasteiger charge is -2.27. The first-order chi connectivity index (χ1) is 6.75. The Balaban J connectivity index is 3.18. The molecule has 1 N–H and O–H groups in total. The van der Waals surface area contributed by atoms with Crippen LogP contribution in [-0.4, -0.2) is 14.9 Å². The minimum Gasteiger partial charge on any atom is -0.386 e. The number of aliphatic hydroxyl groups excluding tert-OH is 1. The highest BCUT2D eigenvalue weighted by Gasteiger charge is 2.29. The van der Waals surface area contributed by atoms with Gasteiger partial charge in [0.25, 0.3) is 0 Å². The molecule has 0 bridgehead atoms. The zero-order chi connectivity index (χ0) is 11.8. The molecule has 1 unspecified atom stereocenters. The van der Waals surface area contributed by atoms with Crippen LogP contribution in [0.25, 0.3) is 0 Å². The second kappa shape index (κ2) is 4.14. The molecule has 0 aliphatic heterocycles. The molecule has 0 saturated carbocycles. The van der Waals surface area contributed by atoms with Crippen molar-refractivity contribution in [2.75, 3.05) is 0 Å². The van der Waals surface area contributed by atoms with Crippen LogP contribution in [0.5, 0.6) is 0 Å². The maximum atomic E-state index is 10.2. The highest BCUT2D eigenvalue weighted by Crippen LogP contribution is 2.36. The summed E-state index contributed by atoms with van der Waals surface area (Å²) in [5.74, 6) is 0. The van der Waals surface area contributed by atoms with Crippen LogP contribution in [0.1, 0.15) is 52.5 Å². The van der Waals surface area contributed by atoms with Crippen molar-refractivity contribution in [1.82, 2.24) is 9.78 Å². The Kier molecular flexibility index (Phi) is 3.46. The predicted molar refractivity (Wildman–Crippen MR) is 62.0 cm³/mol. The molecule has 0 radical (unpaired) electrons. The van der Waals surface area contributed by atoms with E-state index in [0.717, 1.165) is 0 Å². The number of halogens is 1. The van der Waals surface area contributed by atoms with Gasteiger partial charge < -0.3 is 5.11 Å². The smallest absolute Gasteiger partial charge is 0.102 e. The van der Waals surface area contributed by atoms with E-state index in [4.69, 9.17) is 11.6 Å². The average molecular weight is 231 g/mol. The molecular weight excluding hydrogens is 212 g/mol. The first-order valence-electron chi connectivity index (χ1n) is 5.16. The van der Waals surface area contributed by atoms with Gasteiger partial charge in [-0.2, -0.15) is 5.10 Å². The van der Waals surface area contributed by atoms with Crippen molar-refractivity contribution in [3.8, 4) is 0 Å². The SMILES string of the molecule is CC(C)n1ncc(Cl)c1C(O)C(C)(C)C. The third kappa shape index (κ3) is 2.52. The molecule has 15 heavy (non-hydrogen) atoms. The summed E-state index contributed by atoms with van der Waals surface area (Å²) in [6.45, 7) is 9.97. The molecule has 1 aromatic heterocycles. The Bertz CT molecular complexity index is 339. The van der Waals surface area contributed by atoms with Crippen molar-refractivity contribution >= 4 is 11.6 Å². The minimum absolute atomic E-state index is 0.199. The van der Waals surface area contributed by atoms with E-state index in [1.165, 1.54) is 0 Å². The fraction of sp³-hybridized carbons (Fsp3) is 0.727. The van der Waals surface area contributed by atoms with Gasteiger partial charge in [0.05, 0.1) is 16.9 Å². The average Bonchev–Trinajstić information content (AvgIpc) is 2.44. The van der Waals surface area contributed by atoms with Crippen LogP contribution in [0.2, 0.25) is 5.02 Å². The van der Waals surface area contributed by atoms with E-state index in [0.29, 0.717) is 10.7 Å². The predicted octanol–water partition coefficient (Wildman–Crippen LogP) is 3.20. The number of hydrogen-bond acceptors (Lipinski definition) is 2. The molecule has 3 nitrogen and oxygen atoms in total. The monoisotopic (exact) mass is 230 g/mol. The quantitative estimate of drug-likeness (QED) is 0.848. The number of rotatable bonds is 2. The number of hydrogen-bond donors (Lipinski definition) is 1. The van der Waals surface area contributed by atoms with Crippen molar-refractivity contribution in [1.29, 1.82) is 0 Å². The summed E-state index contributed by atoms with van der Waals surface area (Å²) in [6, 6.07) is 0.199. The Morgan fingerprint density at radius 1 is 1.40 bits per heavy atom. The molecule has 4 heteroatoms. The van der Waals surface area contributed by atoms with Crippen LogP contribution in [0.4, 0.5) is 0 Å². The third-order valence-electron chi connectivity index (χ3n) is 2.36. The summed E-state index contributed by atoms with van der Waals surface area (Å²) in [7, 11) is 0. The highest BCUT2D eigenvalue weighted by molar-refractivity contribution is 6.31. The first-order valence-corrected chi connectivity index (χ1v) is 5.54. The maximum absolute atomic E-state index is 10.2. The molecule has 0 aliphatic carbocycles. The fourth-order valence-electron chi connectivity index (χ4n) is 1.43. The molecule has 0 amide bonds. The molecule has 1 aromatic rings. The standard InChI is InChI=1S/C11H19ClN2O/c1-7(2)14-9(8(12)6-13-14)10(15)11(3,4)5/h6-7,10,15H,1-5H3. The normalized spacial score (nSPS) is 14.7. The summed E-state index contributed by atoms with van der Waals surface area (Å²) in [6.07, 6.45) is 0.987. The van der Waals surface area contributed by atoms with Crippen LogP contribution in [0, 0.1) is 5.41 Å². The van der Waals surface area contributed by atoms with Gasteiger partial charge in [-0.15, -0.1) is 0 Å². The van der Waals surface area contributed by atoms with E-state index in [-0.39, 0.29) is 11.5 Å². The zero-order valence-electron chi connectivity index (χ0n) is 9.95. The third-order valence-corrected chi connectivity index (χ3v) is 2.65. The fourth-order valence-corrected chi connectivity index (χ4v) is 1.66. The molecule has 86 valence electrons. The van der Waals surface area contributed by atoms with Crippen LogP contribution in [-0.2, 0) is 0 Å². The van der Waals surface area contributed by atoms with Gasteiger partial charge in [0.1, 0.15) is 6.10 Å². The van der Waals surface area contributed by atoms with E-state index in [1.54, 1.807) is 10.9 Å². The minimum atomic E-state index is -0.602. The van der Waals surface area contributed by atoms with Crippen LogP contribution >= 0.6 is 11.6 Å². The molecule has 0 aromatic carbocycles. The van der Waals surface area contributed by atoms with Gasteiger partial charge in [-0.3, -0.25) is 4.68 Å². The second-order valence-corrected chi connectivity index (χ2v) is 5.59. The van der Waals surface area contributed by atoms with Gasteiger partial charge in [0.15, 0.2) is 0 Å². The van der Waals surface area contributed by atoms with Crippen molar-refractivity contribution < 1.29 is 5.11 Å². The Hall–Kier alpha value is -0.540. The lowest BCUT2D eigenvalue weighted by molar-refractivity contribution is 0.0536. The van der Waals surface area contributed by atoms with Gasteiger partial charge in [0, 0.05) is 6.04 Å². The van der Waals surface area contributed by atoms with E-state index in [2.05, 4.69) is 5.10 Å². The van der Waals surface area contributed by atoms with Crippen LogP contribution < -0.4 is 0 Å². The van der Waals surface area contributed by atoms with Gasteiger partial charge in [-0.25, -0.2) is 0 Å². The van der Waals surface area contributed by atoms with Crippen molar-refractivity contribution in [3.63, 3.8) is 0 Å². The highest BCUT2D eigenvalue weighted by atomic mass is 35.5. The van der Waals surface area contributed by atoms with Crippen molar-refractivity contribution in [3.05, 3.63) is 16.9 Å². The summed E-state index contributed by atoms with van der Waals surface area (Å²) >= 11 is 6.05. The first kappa shape index (κ1) is 12.5. The Labute approximate surface area is 96.1 Å². The number of aliphatic hydroxyl groups is 1. The maximum Gasteiger partial charge on any atom is 0.102 e. The summed E-state index contributed by atoms with van der Waals surface area (Å²) in [4.78, 5) is 0. The van der Waals surface area contributed by atoms with Gasteiger partial charge in [0.2, 0.25) is 0 Å². The zero-order valence-corrected chi connectivity index (χ0v) is 10.7. The molecule has 1 heterocycles.